The van der Waals surface area contributed by atoms with Crippen LogP contribution in [-0.4, -0.2) is 10.1 Å². The molecule has 1 aromatic heterocycles. The summed E-state index contributed by atoms with van der Waals surface area (Å²) in [6.45, 7) is 0. The Bertz CT molecular complexity index is 570. The highest BCUT2D eigenvalue weighted by atomic mass is 79.9. The molecule has 0 N–H and O–H groups in total. The molecule has 1 heterocycles. The van der Waals surface area contributed by atoms with E-state index in [9.17, 15) is 10.1 Å². The third-order valence-electron chi connectivity index (χ3n) is 2.13. The summed E-state index contributed by atoms with van der Waals surface area (Å²) in [5.41, 5.74) is 0.990. The summed E-state index contributed by atoms with van der Waals surface area (Å²) in [4.78, 5) is 10.2. The molecule has 88 valence electrons. The topological polar surface area (TPSA) is 69.2 Å². The molecule has 17 heavy (non-hydrogen) atoms. The van der Waals surface area contributed by atoms with Crippen LogP contribution in [0.15, 0.2) is 28.8 Å². The van der Waals surface area contributed by atoms with Gasteiger partial charge in [0.15, 0.2) is 0 Å². The van der Waals surface area contributed by atoms with Gasteiger partial charge < -0.3 is 4.52 Å². The van der Waals surface area contributed by atoms with Crippen LogP contribution in [0.25, 0.3) is 11.3 Å². The number of hydrogen-bond donors (Lipinski definition) is 0. The lowest BCUT2D eigenvalue weighted by Crippen LogP contribution is -1.89. The van der Waals surface area contributed by atoms with Crippen LogP contribution in [0.1, 0.15) is 5.76 Å². The number of nitrogens with zero attached hydrogens (tertiary/aromatic N) is 2. The summed E-state index contributed by atoms with van der Waals surface area (Å²) in [6, 6.07) is 6.21. The Morgan fingerprint density at radius 2 is 2.24 bits per heavy atom. The predicted octanol–water partition coefficient (Wildman–Crippen LogP) is 3.80. The van der Waals surface area contributed by atoms with Crippen molar-refractivity contribution in [1.29, 1.82) is 0 Å². The smallest absolute Gasteiger partial charge is 0.288 e. The molecule has 0 atom stereocenters. The van der Waals surface area contributed by atoms with Crippen molar-refractivity contribution in [3.63, 3.8) is 0 Å². The molecule has 0 aliphatic carbocycles. The second-order valence-corrected chi connectivity index (χ2v) is 4.20. The molecule has 7 heteroatoms. The standard InChI is InChI=1S/C10H6BrClN2O3/c11-5-7-4-9(13-17-7)6-1-2-8(12)10(3-6)14(15)16/h1-4H,5H2. The average Bonchev–Trinajstić information content (AvgIpc) is 2.78. The average molecular weight is 318 g/mol. The SMILES string of the molecule is O=[N+]([O-])c1cc(-c2cc(CBr)on2)ccc1Cl. The first-order valence-corrected chi connectivity index (χ1v) is 6.07. The molecule has 0 fully saturated rings. The third kappa shape index (κ3) is 2.48. The Kier molecular flexibility index (Phi) is 3.44. The van der Waals surface area contributed by atoms with Crippen molar-refractivity contribution in [1.82, 2.24) is 5.16 Å². The Hall–Kier alpha value is -1.40. The predicted molar refractivity (Wildman–Crippen MR) is 66.2 cm³/mol. The summed E-state index contributed by atoms with van der Waals surface area (Å²) >= 11 is 8.95. The van der Waals surface area contributed by atoms with Gasteiger partial charge in [-0.2, -0.15) is 0 Å². The zero-order valence-corrected chi connectivity index (χ0v) is 10.7. The number of halogens is 2. The van der Waals surface area contributed by atoms with E-state index in [2.05, 4.69) is 21.1 Å². The van der Waals surface area contributed by atoms with Gasteiger partial charge >= 0.3 is 0 Å². The van der Waals surface area contributed by atoms with Crippen molar-refractivity contribution in [3.05, 3.63) is 45.2 Å². The summed E-state index contributed by atoms with van der Waals surface area (Å²) < 4.78 is 5.00. The van der Waals surface area contributed by atoms with Gasteiger partial charge in [0, 0.05) is 17.7 Å². The number of rotatable bonds is 3. The second-order valence-electron chi connectivity index (χ2n) is 3.24. The number of benzene rings is 1. The highest BCUT2D eigenvalue weighted by molar-refractivity contribution is 9.08. The Labute approximate surface area is 110 Å². The number of nitro benzene ring substituents is 1. The molecule has 2 aromatic rings. The van der Waals surface area contributed by atoms with Crippen LogP contribution in [-0.2, 0) is 5.33 Å². The van der Waals surface area contributed by atoms with Crippen LogP contribution in [0.4, 0.5) is 5.69 Å². The number of alkyl halides is 1. The van der Waals surface area contributed by atoms with Crippen molar-refractivity contribution < 1.29 is 9.45 Å². The molecule has 1 aromatic carbocycles. The Morgan fingerprint density at radius 1 is 1.47 bits per heavy atom. The molecule has 0 saturated carbocycles. The lowest BCUT2D eigenvalue weighted by molar-refractivity contribution is -0.384. The van der Waals surface area contributed by atoms with Crippen LogP contribution in [0.2, 0.25) is 5.02 Å². The largest absolute Gasteiger partial charge is 0.360 e. The van der Waals surface area contributed by atoms with Gasteiger partial charge in [0.25, 0.3) is 5.69 Å². The molecule has 0 unspecified atom stereocenters. The number of aromatic nitrogens is 1. The number of nitro groups is 1. The zero-order valence-electron chi connectivity index (χ0n) is 8.39. The molecule has 0 aliphatic heterocycles. The normalized spacial score (nSPS) is 10.5. The van der Waals surface area contributed by atoms with Crippen molar-refractivity contribution in [2.75, 3.05) is 0 Å². The molecule has 0 aliphatic rings. The summed E-state index contributed by atoms with van der Waals surface area (Å²) in [5.74, 6) is 0.651. The highest BCUT2D eigenvalue weighted by Crippen LogP contribution is 2.30. The van der Waals surface area contributed by atoms with E-state index in [1.54, 1.807) is 12.1 Å². The van der Waals surface area contributed by atoms with E-state index < -0.39 is 4.92 Å². The quantitative estimate of drug-likeness (QED) is 0.490. The van der Waals surface area contributed by atoms with Gasteiger partial charge in [0.2, 0.25) is 0 Å². The minimum absolute atomic E-state index is 0.1000. The van der Waals surface area contributed by atoms with E-state index in [4.69, 9.17) is 16.1 Å². The first-order chi connectivity index (χ1) is 8.11. The second kappa shape index (κ2) is 4.85. The minimum atomic E-state index is -0.530. The Balaban J connectivity index is 2.46. The van der Waals surface area contributed by atoms with Gasteiger partial charge in [-0.15, -0.1) is 0 Å². The number of hydrogen-bond acceptors (Lipinski definition) is 4. The van der Waals surface area contributed by atoms with E-state index in [0.717, 1.165) is 0 Å². The van der Waals surface area contributed by atoms with Gasteiger partial charge in [0.05, 0.1) is 10.3 Å². The van der Waals surface area contributed by atoms with Crippen LogP contribution in [0.3, 0.4) is 0 Å². The maximum atomic E-state index is 10.7. The molecule has 0 radical (unpaired) electrons. The third-order valence-corrected chi connectivity index (χ3v) is 3.00. The summed E-state index contributed by atoms with van der Waals surface area (Å²) in [7, 11) is 0. The van der Waals surface area contributed by atoms with Crippen LogP contribution in [0.5, 0.6) is 0 Å². The molecule has 0 amide bonds. The van der Waals surface area contributed by atoms with Gasteiger partial charge in [-0.05, 0) is 6.07 Å². The molecule has 2 rings (SSSR count). The van der Waals surface area contributed by atoms with E-state index in [1.165, 1.54) is 12.1 Å². The monoisotopic (exact) mass is 316 g/mol. The lowest BCUT2D eigenvalue weighted by atomic mass is 10.1. The first kappa shape index (κ1) is 12.1. The highest BCUT2D eigenvalue weighted by Gasteiger charge is 2.15. The van der Waals surface area contributed by atoms with E-state index in [-0.39, 0.29) is 10.7 Å². The van der Waals surface area contributed by atoms with Crippen molar-refractivity contribution in [2.45, 2.75) is 5.33 Å². The van der Waals surface area contributed by atoms with E-state index in [0.29, 0.717) is 22.3 Å². The van der Waals surface area contributed by atoms with E-state index in [1.807, 2.05) is 0 Å². The van der Waals surface area contributed by atoms with Crippen LogP contribution in [0, 0.1) is 10.1 Å². The van der Waals surface area contributed by atoms with Gasteiger partial charge in [-0.3, -0.25) is 10.1 Å². The van der Waals surface area contributed by atoms with E-state index >= 15 is 0 Å². The molecule has 5 nitrogen and oxygen atoms in total. The van der Waals surface area contributed by atoms with Gasteiger partial charge in [-0.1, -0.05) is 38.8 Å². The fourth-order valence-electron chi connectivity index (χ4n) is 1.32. The lowest BCUT2D eigenvalue weighted by Gasteiger charge is -1.97. The van der Waals surface area contributed by atoms with Crippen LogP contribution >= 0.6 is 27.5 Å². The summed E-state index contributed by atoms with van der Waals surface area (Å²) in [5, 5.41) is 15.2. The molecule has 0 bridgehead atoms. The molecular weight excluding hydrogens is 311 g/mol. The van der Waals surface area contributed by atoms with Crippen LogP contribution < -0.4 is 0 Å². The minimum Gasteiger partial charge on any atom is -0.360 e. The van der Waals surface area contributed by atoms with Gasteiger partial charge in [0.1, 0.15) is 16.5 Å². The van der Waals surface area contributed by atoms with Crippen molar-refractivity contribution in [2.24, 2.45) is 0 Å². The fraction of sp³-hybridized carbons (Fsp3) is 0.100. The van der Waals surface area contributed by atoms with Crippen molar-refractivity contribution >= 4 is 33.2 Å². The maximum Gasteiger partial charge on any atom is 0.288 e. The van der Waals surface area contributed by atoms with Gasteiger partial charge in [-0.25, -0.2) is 0 Å². The summed E-state index contributed by atoms with van der Waals surface area (Å²) in [6.07, 6.45) is 0. The molecule has 0 spiro atoms. The molecular formula is C10H6BrClN2O3. The maximum absolute atomic E-state index is 10.7. The first-order valence-electron chi connectivity index (χ1n) is 4.57. The zero-order chi connectivity index (χ0) is 12.4. The fourth-order valence-corrected chi connectivity index (χ4v) is 1.77. The van der Waals surface area contributed by atoms with Crippen molar-refractivity contribution in [3.8, 4) is 11.3 Å². The molecule has 0 saturated heterocycles. The Morgan fingerprint density at radius 3 is 2.82 bits per heavy atom.